The SMILES string of the molecule is COCC(=O)N(CCN(C)C)Cc1cccc(C(F)(F)F)c1. The number of carbonyl (C=O) groups is 1. The first kappa shape index (κ1) is 18.4. The molecule has 1 rings (SSSR count). The quantitative estimate of drug-likeness (QED) is 0.773. The maximum absolute atomic E-state index is 12.7. The standard InChI is InChI=1S/C15H21F3N2O2/c1-19(2)7-8-20(14(21)11-22-3)10-12-5-4-6-13(9-12)15(16,17)18/h4-6,9H,7-8,10-11H2,1-3H3. The average Bonchev–Trinajstić information content (AvgIpc) is 2.42. The van der Waals surface area contributed by atoms with Crippen LogP contribution in [0.25, 0.3) is 0 Å². The summed E-state index contributed by atoms with van der Waals surface area (Å²) in [4.78, 5) is 15.4. The number of nitrogens with zero attached hydrogens (tertiary/aromatic N) is 2. The Labute approximate surface area is 128 Å². The number of rotatable bonds is 7. The van der Waals surface area contributed by atoms with E-state index in [2.05, 4.69) is 0 Å². The van der Waals surface area contributed by atoms with E-state index < -0.39 is 11.7 Å². The summed E-state index contributed by atoms with van der Waals surface area (Å²) in [6.45, 7) is 1.08. The van der Waals surface area contributed by atoms with Gasteiger partial charge in [-0.25, -0.2) is 0 Å². The van der Waals surface area contributed by atoms with Gasteiger partial charge in [-0.1, -0.05) is 12.1 Å². The highest BCUT2D eigenvalue weighted by Gasteiger charge is 2.30. The molecule has 1 amide bonds. The Hall–Kier alpha value is -1.60. The maximum atomic E-state index is 12.7. The molecule has 0 saturated heterocycles. The number of methoxy groups -OCH3 is 1. The predicted molar refractivity (Wildman–Crippen MR) is 77.3 cm³/mol. The summed E-state index contributed by atoms with van der Waals surface area (Å²) in [5.41, 5.74) is -0.269. The third-order valence-electron chi connectivity index (χ3n) is 3.07. The second kappa shape index (κ2) is 8.14. The van der Waals surface area contributed by atoms with E-state index in [0.717, 1.165) is 12.1 Å². The minimum Gasteiger partial charge on any atom is -0.375 e. The number of carbonyl (C=O) groups excluding carboxylic acids is 1. The molecule has 0 unspecified atom stereocenters. The van der Waals surface area contributed by atoms with Gasteiger partial charge in [-0.2, -0.15) is 13.2 Å². The number of hydrogen-bond acceptors (Lipinski definition) is 3. The summed E-state index contributed by atoms with van der Waals surface area (Å²) < 4.78 is 43.0. The number of hydrogen-bond donors (Lipinski definition) is 0. The first-order valence-electron chi connectivity index (χ1n) is 6.81. The van der Waals surface area contributed by atoms with Crippen molar-refractivity contribution in [2.75, 3.05) is 40.9 Å². The van der Waals surface area contributed by atoms with Gasteiger partial charge in [0.25, 0.3) is 0 Å². The lowest BCUT2D eigenvalue weighted by Crippen LogP contribution is -2.38. The minimum atomic E-state index is -4.39. The van der Waals surface area contributed by atoms with Gasteiger partial charge in [0, 0.05) is 26.7 Å². The van der Waals surface area contributed by atoms with Crippen LogP contribution in [0, 0.1) is 0 Å². The number of alkyl halides is 3. The fourth-order valence-corrected chi connectivity index (χ4v) is 1.89. The van der Waals surface area contributed by atoms with Gasteiger partial charge in [-0.05, 0) is 31.8 Å². The van der Waals surface area contributed by atoms with Crippen molar-refractivity contribution < 1.29 is 22.7 Å². The van der Waals surface area contributed by atoms with E-state index in [4.69, 9.17) is 4.74 Å². The van der Waals surface area contributed by atoms with Crippen LogP contribution in [0.1, 0.15) is 11.1 Å². The van der Waals surface area contributed by atoms with E-state index in [-0.39, 0.29) is 19.1 Å². The molecule has 0 N–H and O–H groups in total. The van der Waals surface area contributed by atoms with E-state index in [1.807, 2.05) is 19.0 Å². The molecular weight excluding hydrogens is 297 g/mol. The van der Waals surface area contributed by atoms with Crippen LogP contribution in [0.15, 0.2) is 24.3 Å². The number of likely N-dealkylation sites (N-methyl/N-ethyl adjacent to an activating group) is 1. The van der Waals surface area contributed by atoms with E-state index in [1.54, 1.807) is 6.07 Å². The first-order valence-corrected chi connectivity index (χ1v) is 6.81. The molecule has 0 atom stereocenters. The van der Waals surface area contributed by atoms with Crippen LogP contribution in [0.2, 0.25) is 0 Å². The summed E-state index contributed by atoms with van der Waals surface area (Å²) in [5.74, 6) is -0.248. The van der Waals surface area contributed by atoms with Gasteiger partial charge in [-0.15, -0.1) is 0 Å². The average molecular weight is 318 g/mol. The molecule has 4 nitrogen and oxygen atoms in total. The zero-order valence-corrected chi connectivity index (χ0v) is 13.0. The molecule has 0 aliphatic rings. The lowest BCUT2D eigenvalue weighted by molar-refractivity contribution is -0.137. The predicted octanol–water partition coefficient (Wildman–Crippen LogP) is 2.24. The van der Waals surface area contributed by atoms with Gasteiger partial charge in [-0.3, -0.25) is 4.79 Å². The van der Waals surface area contributed by atoms with Gasteiger partial charge in [0.05, 0.1) is 5.56 Å². The highest BCUT2D eigenvalue weighted by molar-refractivity contribution is 5.77. The number of ether oxygens (including phenoxy) is 1. The fourth-order valence-electron chi connectivity index (χ4n) is 1.89. The largest absolute Gasteiger partial charge is 0.416 e. The van der Waals surface area contributed by atoms with Crippen LogP contribution < -0.4 is 0 Å². The molecule has 22 heavy (non-hydrogen) atoms. The Morgan fingerprint density at radius 3 is 2.45 bits per heavy atom. The molecule has 0 saturated carbocycles. The number of amides is 1. The molecule has 0 aliphatic heterocycles. The molecule has 0 radical (unpaired) electrons. The van der Waals surface area contributed by atoms with E-state index in [1.165, 1.54) is 18.1 Å². The highest BCUT2D eigenvalue weighted by Crippen LogP contribution is 2.29. The number of halogens is 3. The second-order valence-corrected chi connectivity index (χ2v) is 5.25. The van der Waals surface area contributed by atoms with Crippen molar-refractivity contribution >= 4 is 5.91 Å². The van der Waals surface area contributed by atoms with Crippen molar-refractivity contribution in [3.05, 3.63) is 35.4 Å². The molecule has 0 aromatic heterocycles. The summed E-state index contributed by atoms with van der Waals surface area (Å²) in [5, 5.41) is 0. The van der Waals surface area contributed by atoms with Crippen molar-refractivity contribution in [2.24, 2.45) is 0 Å². The summed E-state index contributed by atoms with van der Waals surface area (Å²) in [7, 11) is 5.14. The van der Waals surface area contributed by atoms with Crippen molar-refractivity contribution in [1.82, 2.24) is 9.80 Å². The summed E-state index contributed by atoms with van der Waals surface area (Å²) in [6, 6.07) is 5.02. The third-order valence-corrected chi connectivity index (χ3v) is 3.07. The molecule has 7 heteroatoms. The van der Waals surface area contributed by atoms with Gasteiger partial charge in [0.1, 0.15) is 6.61 Å². The topological polar surface area (TPSA) is 32.8 Å². The van der Waals surface area contributed by atoms with Crippen LogP contribution in [-0.2, 0) is 22.3 Å². The fraction of sp³-hybridized carbons (Fsp3) is 0.533. The van der Waals surface area contributed by atoms with E-state index in [0.29, 0.717) is 18.7 Å². The number of benzene rings is 1. The van der Waals surface area contributed by atoms with Gasteiger partial charge in [0.15, 0.2) is 0 Å². The molecule has 0 fully saturated rings. The molecule has 124 valence electrons. The van der Waals surface area contributed by atoms with E-state index in [9.17, 15) is 18.0 Å². The Kier molecular flexibility index (Phi) is 6.83. The maximum Gasteiger partial charge on any atom is 0.416 e. The molecule has 0 heterocycles. The molecule has 0 aliphatic carbocycles. The van der Waals surface area contributed by atoms with Crippen molar-refractivity contribution in [2.45, 2.75) is 12.7 Å². The Balaban J connectivity index is 2.86. The summed E-state index contributed by atoms with van der Waals surface area (Å²) in [6.07, 6.45) is -4.39. The van der Waals surface area contributed by atoms with Crippen LogP contribution in [0.4, 0.5) is 13.2 Å². The summed E-state index contributed by atoms with van der Waals surface area (Å²) >= 11 is 0. The second-order valence-electron chi connectivity index (χ2n) is 5.25. The van der Waals surface area contributed by atoms with Gasteiger partial charge in [0.2, 0.25) is 5.91 Å². The molecule has 1 aromatic carbocycles. The lowest BCUT2D eigenvalue weighted by Gasteiger charge is -2.24. The van der Waals surface area contributed by atoms with Gasteiger partial charge < -0.3 is 14.5 Å². The molecule has 1 aromatic rings. The first-order chi connectivity index (χ1) is 10.2. The molecule has 0 spiro atoms. The lowest BCUT2D eigenvalue weighted by atomic mass is 10.1. The van der Waals surface area contributed by atoms with Crippen molar-refractivity contribution in [3.63, 3.8) is 0 Å². The smallest absolute Gasteiger partial charge is 0.375 e. The monoisotopic (exact) mass is 318 g/mol. The Bertz CT molecular complexity index is 490. The Morgan fingerprint density at radius 1 is 1.23 bits per heavy atom. The zero-order valence-electron chi connectivity index (χ0n) is 13.0. The zero-order chi connectivity index (χ0) is 16.8. The Morgan fingerprint density at radius 2 is 1.91 bits per heavy atom. The van der Waals surface area contributed by atoms with E-state index >= 15 is 0 Å². The third kappa shape index (κ3) is 6.03. The van der Waals surface area contributed by atoms with Crippen LogP contribution in [0.5, 0.6) is 0 Å². The van der Waals surface area contributed by atoms with Crippen LogP contribution in [-0.4, -0.2) is 56.6 Å². The molecule has 0 bridgehead atoms. The molecular formula is C15H21F3N2O2. The minimum absolute atomic E-state index is 0.0909. The highest BCUT2D eigenvalue weighted by atomic mass is 19.4. The van der Waals surface area contributed by atoms with Gasteiger partial charge >= 0.3 is 6.18 Å². The van der Waals surface area contributed by atoms with Crippen LogP contribution >= 0.6 is 0 Å². The normalized spacial score (nSPS) is 11.8. The van der Waals surface area contributed by atoms with Crippen LogP contribution in [0.3, 0.4) is 0 Å². The van der Waals surface area contributed by atoms with Crippen molar-refractivity contribution in [3.8, 4) is 0 Å². The van der Waals surface area contributed by atoms with Crippen molar-refractivity contribution in [1.29, 1.82) is 0 Å².